The molecule has 37 heavy (non-hydrogen) atoms. The highest BCUT2D eigenvalue weighted by Crippen LogP contribution is 2.42. The van der Waals surface area contributed by atoms with Crippen molar-refractivity contribution in [1.82, 2.24) is 0 Å². The van der Waals surface area contributed by atoms with Gasteiger partial charge in [-0.2, -0.15) is 0 Å². The van der Waals surface area contributed by atoms with Crippen LogP contribution in [0.4, 0.5) is 0 Å². The van der Waals surface area contributed by atoms with Gasteiger partial charge in [-0.1, -0.05) is 81.4 Å². The number of aliphatic carboxylic acids is 1. The van der Waals surface area contributed by atoms with E-state index in [2.05, 4.69) is 33.9 Å². The van der Waals surface area contributed by atoms with E-state index in [-0.39, 0.29) is 23.7 Å². The zero-order valence-electron chi connectivity index (χ0n) is 23.2. The third-order valence-corrected chi connectivity index (χ3v) is 12.2. The molecule has 3 rings (SSSR count). The molecule has 2 aromatic carbocycles. The maximum absolute atomic E-state index is 12.0. The second-order valence-electron chi connectivity index (χ2n) is 11.8. The maximum Gasteiger partial charge on any atom is 0.306 e. The Labute approximate surface area is 223 Å². The van der Waals surface area contributed by atoms with E-state index in [1.54, 1.807) is 0 Å². The lowest BCUT2D eigenvalue weighted by atomic mass is 9.92. The predicted octanol–water partition coefficient (Wildman–Crippen LogP) is 6.59. The van der Waals surface area contributed by atoms with Gasteiger partial charge in [0, 0.05) is 0 Å². The molecule has 1 N–H and O–H groups in total. The first-order valence-corrected chi connectivity index (χ1v) is 16.1. The summed E-state index contributed by atoms with van der Waals surface area (Å²) in [7, 11) is -2.18. The molecule has 1 aliphatic heterocycles. The number of hydrogen-bond donors (Lipinski definition) is 1. The largest absolute Gasteiger partial charge is 0.481 e. The Morgan fingerprint density at radius 2 is 1.57 bits per heavy atom. The summed E-state index contributed by atoms with van der Waals surface area (Å²) in [5.74, 6) is -0.904. The third-order valence-electron chi connectivity index (χ3n) is 7.68. The van der Waals surface area contributed by atoms with Crippen LogP contribution >= 0.6 is 0 Å². The van der Waals surface area contributed by atoms with Crippen LogP contribution in [0.1, 0.15) is 58.1 Å². The van der Waals surface area contributed by atoms with Crippen LogP contribution in [0.15, 0.2) is 60.7 Å². The molecule has 1 heterocycles. The Morgan fingerprint density at radius 3 is 2.11 bits per heavy atom. The van der Waals surface area contributed by atoms with Crippen LogP contribution in [0.2, 0.25) is 18.1 Å². The summed E-state index contributed by atoms with van der Waals surface area (Å²) >= 11 is 0. The fourth-order valence-electron chi connectivity index (χ4n) is 4.45. The summed E-state index contributed by atoms with van der Waals surface area (Å²) in [5.41, 5.74) is 1.15. The molecule has 0 unspecified atom stereocenters. The van der Waals surface area contributed by atoms with E-state index >= 15 is 0 Å². The average molecular weight is 529 g/mol. The monoisotopic (exact) mass is 528 g/mol. The Hall–Kier alpha value is -2.03. The number of hydrogen-bond acceptors (Lipinski definition) is 5. The second-order valence-corrected chi connectivity index (χ2v) is 16.6. The first-order chi connectivity index (χ1) is 17.4. The number of ether oxygens (including phenoxy) is 3. The smallest absolute Gasteiger partial charge is 0.306 e. The molecule has 0 bridgehead atoms. The van der Waals surface area contributed by atoms with E-state index < -0.39 is 26.0 Å². The van der Waals surface area contributed by atoms with E-state index in [0.717, 1.165) is 11.1 Å². The van der Waals surface area contributed by atoms with E-state index in [4.69, 9.17) is 18.6 Å². The van der Waals surface area contributed by atoms with Gasteiger partial charge in [0.05, 0.1) is 38.4 Å². The van der Waals surface area contributed by atoms with Gasteiger partial charge in [0.2, 0.25) is 0 Å². The summed E-state index contributed by atoms with van der Waals surface area (Å²) < 4.78 is 26.0. The fourth-order valence-corrected chi connectivity index (χ4v) is 5.88. The highest BCUT2D eigenvalue weighted by atomic mass is 28.4. The van der Waals surface area contributed by atoms with Crippen molar-refractivity contribution in [2.75, 3.05) is 6.61 Å². The first-order valence-electron chi connectivity index (χ1n) is 13.2. The molecule has 0 amide bonds. The van der Waals surface area contributed by atoms with E-state index in [9.17, 15) is 9.90 Å². The summed E-state index contributed by atoms with van der Waals surface area (Å²) in [6, 6.07) is 20.0. The normalized spacial score (nSPS) is 25.0. The van der Waals surface area contributed by atoms with E-state index in [1.165, 1.54) is 0 Å². The molecule has 0 radical (unpaired) electrons. The van der Waals surface area contributed by atoms with E-state index in [0.29, 0.717) is 32.7 Å². The molecular formula is C30H44O6Si. The first kappa shape index (κ1) is 29.5. The van der Waals surface area contributed by atoms with Crippen molar-refractivity contribution in [3.63, 3.8) is 0 Å². The lowest BCUT2D eigenvalue weighted by molar-refractivity contribution is -0.188. The molecule has 6 nitrogen and oxygen atoms in total. The van der Waals surface area contributed by atoms with Crippen molar-refractivity contribution < 1.29 is 28.5 Å². The second kappa shape index (κ2) is 12.7. The molecule has 1 aliphatic rings. The molecular weight excluding hydrogens is 484 g/mol. The summed E-state index contributed by atoms with van der Waals surface area (Å²) in [4.78, 5) is 12.0. The van der Waals surface area contributed by atoms with Gasteiger partial charge >= 0.3 is 5.97 Å². The van der Waals surface area contributed by atoms with Crippen LogP contribution < -0.4 is 0 Å². The Kier molecular flexibility index (Phi) is 10.1. The van der Waals surface area contributed by atoms with Crippen LogP contribution in [0.3, 0.4) is 0 Å². The minimum Gasteiger partial charge on any atom is -0.481 e. The van der Waals surface area contributed by atoms with Crippen LogP contribution in [0.25, 0.3) is 0 Å². The standard InChI is InChI=1S/C30H44O6Si/c1-29(2,3)37(5,6)36-27-18-17-25(34-21-24-15-11-8-12-16-24)26(35-30(27,4)19-28(31)32)22-33-20-23-13-9-7-10-14-23/h7-16,25-27H,17-22H2,1-6H3,(H,31,32)/t25-,26+,27+,30-/m1/s1. The van der Waals surface area contributed by atoms with Gasteiger partial charge in [-0.05, 0) is 49.0 Å². The number of carboxylic acid groups (broad SMARTS) is 1. The lowest BCUT2D eigenvalue weighted by Crippen LogP contribution is -2.54. The van der Waals surface area contributed by atoms with Gasteiger partial charge in [0.15, 0.2) is 8.32 Å². The fraction of sp³-hybridized carbons (Fsp3) is 0.567. The number of carboxylic acids is 1. The van der Waals surface area contributed by atoms with Crippen molar-refractivity contribution in [2.45, 2.75) is 102 Å². The molecule has 1 saturated heterocycles. The topological polar surface area (TPSA) is 74.2 Å². The molecule has 1 fully saturated rings. The van der Waals surface area contributed by atoms with Crippen molar-refractivity contribution in [3.8, 4) is 0 Å². The zero-order chi connectivity index (χ0) is 27.1. The Bertz CT molecular complexity index is 975. The average Bonchev–Trinajstić information content (AvgIpc) is 2.94. The lowest BCUT2D eigenvalue weighted by Gasteiger charge is -2.44. The molecule has 0 aromatic heterocycles. The molecule has 2 aromatic rings. The zero-order valence-corrected chi connectivity index (χ0v) is 24.2. The highest BCUT2D eigenvalue weighted by Gasteiger charge is 2.49. The Balaban J connectivity index is 1.83. The van der Waals surface area contributed by atoms with Crippen LogP contribution in [0.5, 0.6) is 0 Å². The molecule has 4 atom stereocenters. The molecule has 204 valence electrons. The van der Waals surface area contributed by atoms with Gasteiger partial charge in [0.1, 0.15) is 11.7 Å². The van der Waals surface area contributed by atoms with Gasteiger partial charge in [-0.3, -0.25) is 4.79 Å². The van der Waals surface area contributed by atoms with Gasteiger partial charge in [-0.15, -0.1) is 0 Å². The Morgan fingerprint density at radius 1 is 1.00 bits per heavy atom. The number of carbonyl (C=O) groups is 1. The highest BCUT2D eigenvalue weighted by molar-refractivity contribution is 6.74. The quantitative estimate of drug-likeness (QED) is 0.332. The molecule has 0 saturated carbocycles. The summed E-state index contributed by atoms with van der Waals surface area (Å²) in [6.45, 7) is 14.1. The van der Waals surface area contributed by atoms with Crippen LogP contribution in [0, 0.1) is 0 Å². The minimum absolute atomic E-state index is 0.00908. The third kappa shape index (κ3) is 8.48. The van der Waals surface area contributed by atoms with Crippen molar-refractivity contribution in [1.29, 1.82) is 0 Å². The van der Waals surface area contributed by atoms with Crippen molar-refractivity contribution in [3.05, 3.63) is 71.8 Å². The molecule has 0 spiro atoms. The maximum atomic E-state index is 12.0. The van der Waals surface area contributed by atoms with E-state index in [1.807, 2.05) is 67.6 Å². The number of benzene rings is 2. The SMILES string of the molecule is CC(C)(C)[Si](C)(C)O[C@H]1CC[C@@H](OCc2ccccc2)[C@H](COCc2ccccc2)O[C@]1(C)CC(=O)O. The van der Waals surface area contributed by atoms with Gasteiger partial charge < -0.3 is 23.7 Å². The minimum atomic E-state index is -2.18. The van der Waals surface area contributed by atoms with Crippen LogP contribution in [-0.4, -0.2) is 49.9 Å². The van der Waals surface area contributed by atoms with Crippen molar-refractivity contribution >= 4 is 14.3 Å². The van der Waals surface area contributed by atoms with Gasteiger partial charge in [0.25, 0.3) is 0 Å². The summed E-state index contributed by atoms with van der Waals surface area (Å²) in [5, 5.41) is 9.83. The molecule has 7 heteroatoms. The number of rotatable bonds is 11. The van der Waals surface area contributed by atoms with Crippen molar-refractivity contribution in [2.24, 2.45) is 0 Å². The van der Waals surface area contributed by atoms with Crippen LogP contribution in [-0.2, 0) is 36.6 Å². The predicted molar refractivity (Wildman–Crippen MR) is 148 cm³/mol. The molecule has 0 aliphatic carbocycles. The van der Waals surface area contributed by atoms with Gasteiger partial charge in [-0.25, -0.2) is 0 Å². The summed E-state index contributed by atoms with van der Waals surface area (Å²) in [6.07, 6.45) is 0.173.